The van der Waals surface area contributed by atoms with E-state index < -0.39 is 24.5 Å². The maximum Gasteiger partial charge on any atom is 0.397 e. The predicted octanol–water partition coefficient (Wildman–Crippen LogP) is 0.922. The van der Waals surface area contributed by atoms with Crippen molar-refractivity contribution >= 4 is 11.7 Å². The number of hydrogen-bond donors (Lipinski definition) is 2. The minimum atomic E-state index is -4.56. The van der Waals surface area contributed by atoms with Crippen molar-refractivity contribution in [1.82, 2.24) is 4.90 Å². The van der Waals surface area contributed by atoms with Gasteiger partial charge in [-0.2, -0.15) is 13.2 Å². The summed E-state index contributed by atoms with van der Waals surface area (Å²) in [5.74, 6) is -1.42. The molecule has 0 rings (SSSR count). The van der Waals surface area contributed by atoms with Gasteiger partial charge in [-0.1, -0.05) is 5.16 Å². The third-order valence-electron chi connectivity index (χ3n) is 1.76. The van der Waals surface area contributed by atoms with E-state index in [2.05, 4.69) is 5.16 Å². The Balaban J connectivity index is 4.61. The maximum absolute atomic E-state index is 12.0. The number of alkyl halides is 3. The summed E-state index contributed by atoms with van der Waals surface area (Å²) in [5, 5.41) is 10.9. The molecule has 0 heterocycles. The van der Waals surface area contributed by atoms with Crippen LogP contribution in [-0.2, 0) is 4.79 Å². The van der Waals surface area contributed by atoms with Crippen LogP contribution in [0.25, 0.3) is 0 Å². The summed E-state index contributed by atoms with van der Waals surface area (Å²) in [6.45, 7) is 2.75. The van der Waals surface area contributed by atoms with Crippen LogP contribution in [0.15, 0.2) is 5.16 Å². The van der Waals surface area contributed by atoms with Crippen LogP contribution in [0.3, 0.4) is 0 Å². The van der Waals surface area contributed by atoms with Gasteiger partial charge in [0.15, 0.2) is 5.84 Å². The summed E-state index contributed by atoms with van der Waals surface area (Å²) in [5.41, 5.74) is 5.14. The number of nitrogens with zero attached hydrogens (tertiary/aromatic N) is 2. The lowest BCUT2D eigenvalue weighted by Crippen LogP contribution is -2.44. The molecule has 94 valence electrons. The minimum Gasteiger partial charge on any atom is -0.409 e. The number of carbonyl (C=O) groups excluding carboxylic acids is 1. The molecular formula is C8H14F3N3O2. The van der Waals surface area contributed by atoms with Gasteiger partial charge >= 0.3 is 6.18 Å². The monoisotopic (exact) mass is 241 g/mol. The van der Waals surface area contributed by atoms with Gasteiger partial charge in [-0.05, 0) is 13.8 Å². The van der Waals surface area contributed by atoms with Crippen LogP contribution in [0.2, 0.25) is 0 Å². The van der Waals surface area contributed by atoms with Crippen molar-refractivity contribution < 1.29 is 23.2 Å². The Bertz CT molecular complexity index is 276. The Morgan fingerprint density at radius 1 is 1.50 bits per heavy atom. The van der Waals surface area contributed by atoms with E-state index in [1.807, 2.05) is 0 Å². The van der Waals surface area contributed by atoms with Crippen LogP contribution in [0.4, 0.5) is 13.2 Å². The Kier molecular flexibility index (Phi) is 5.06. The highest BCUT2D eigenvalue weighted by Gasteiger charge is 2.34. The first kappa shape index (κ1) is 14.5. The van der Waals surface area contributed by atoms with Crippen molar-refractivity contribution in [1.29, 1.82) is 0 Å². The Labute approximate surface area is 90.7 Å². The molecule has 1 amide bonds. The fourth-order valence-corrected chi connectivity index (χ4v) is 1.04. The molecular weight excluding hydrogens is 227 g/mol. The molecule has 3 N–H and O–H groups in total. The fraction of sp³-hybridized carbons (Fsp3) is 0.750. The second kappa shape index (κ2) is 5.57. The number of halogens is 3. The smallest absolute Gasteiger partial charge is 0.397 e. The van der Waals surface area contributed by atoms with E-state index in [1.165, 1.54) is 0 Å². The SMILES string of the molecule is CC(C)N(CC(N)=NO)C(=O)CC(F)(F)F. The lowest BCUT2D eigenvalue weighted by Gasteiger charge is -2.26. The number of nitrogens with two attached hydrogens (primary N) is 1. The summed E-state index contributed by atoms with van der Waals surface area (Å²) >= 11 is 0. The Hall–Kier alpha value is -1.47. The Morgan fingerprint density at radius 3 is 2.31 bits per heavy atom. The molecule has 0 fully saturated rings. The third-order valence-corrected chi connectivity index (χ3v) is 1.76. The molecule has 5 nitrogen and oxygen atoms in total. The van der Waals surface area contributed by atoms with Crippen molar-refractivity contribution in [3.05, 3.63) is 0 Å². The number of oxime groups is 1. The van der Waals surface area contributed by atoms with E-state index in [0.717, 1.165) is 4.90 Å². The zero-order chi connectivity index (χ0) is 12.9. The van der Waals surface area contributed by atoms with Crippen LogP contribution in [-0.4, -0.2) is 40.6 Å². The van der Waals surface area contributed by atoms with Crippen LogP contribution >= 0.6 is 0 Å². The number of hydrogen-bond acceptors (Lipinski definition) is 3. The van der Waals surface area contributed by atoms with Gasteiger partial charge < -0.3 is 15.8 Å². The van der Waals surface area contributed by atoms with E-state index >= 15 is 0 Å². The highest BCUT2D eigenvalue weighted by molar-refractivity contribution is 5.87. The van der Waals surface area contributed by atoms with Crippen LogP contribution in [0.5, 0.6) is 0 Å². The van der Waals surface area contributed by atoms with Gasteiger partial charge in [-0.15, -0.1) is 0 Å². The molecule has 0 aromatic rings. The van der Waals surface area contributed by atoms with Gasteiger partial charge in [0.1, 0.15) is 6.42 Å². The van der Waals surface area contributed by atoms with Crippen LogP contribution in [0, 0.1) is 0 Å². The lowest BCUT2D eigenvalue weighted by atomic mass is 10.2. The van der Waals surface area contributed by atoms with Gasteiger partial charge in [0.05, 0.1) is 6.54 Å². The summed E-state index contributed by atoms with van der Waals surface area (Å²) in [6, 6.07) is -0.463. The number of amides is 1. The molecule has 0 radical (unpaired) electrons. The molecule has 0 unspecified atom stereocenters. The molecule has 0 saturated carbocycles. The average molecular weight is 241 g/mol. The Morgan fingerprint density at radius 2 is 2.00 bits per heavy atom. The molecule has 16 heavy (non-hydrogen) atoms. The lowest BCUT2D eigenvalue weighted by molar-refractivity contribution is -0.162. The molecule has 0 aliphatic heterocycles. The van der Waals surface area contributed by atoms with Crippen LogP contribution in [0.1, 0.15) is 20.3 Å². The predicted molar refractivity (Wildman–Crippen MR) is 50.9 cm³/mol. The van der Waals surface area contributed by atoms with Crippen molar-refractivity contribution in [2.45, 2.75) is 32.5 Å². The summed E-state index contributed by atoms with van der Waals surface area (Å²) in [7, 11) is 0. The maximum atomic E-state index is 12.0. The van der Waals surface area contributed by atoms with E-state index in [9.17, 15) is 18.0 Å². The van der Waals surface area contributed by atoms with Crippen molar-refractivity contribution in [3.8, 4) is 0 Å². The van der Waals surface area contributed by atoms with Gasteiger partial charge in [0.2, 0.25) is 5.91 Å². The highest BCUT2D eigenvalue weighted by Crippen LogP contribution is 2.21. The zero-order valence-electron chi connectivity index (χ0n) is 8.95. The standard InChI is InChI=1S/C8H14F3N3O2/c1-5(2)14(4-6(12)13-16)7(15)3-8(9,10)11/h5,16H,3-4H2,1-2H3,(H2,12,13). The number of carbonyl (C=O) groups is 1. The third kappa shape index (κ3) is 5.42. The molecule has 8 heteroatoms. The largest absolute Gasteiger partial charge is 0.409 e. The zero-order valence-corrected chi connectivity index (χ0v) is 8.95. The first-order valence-corrected chi connectivity index (χ1v) is 4.50. The minimum absolute atomic E-state index is 0.316. The molecule has 0 saturated heterocycles. The number of amidine groups is 1. The van der Waals surface area contributed by atoms with Gasteiger partial charge in [-0.3, -0.25) is 4.79 Å². The quantitative estimate of drug-likeness (QED) is 0.332. The molecule has 0 bridgehead atoms. The average Bonchev–Trinajstić information content (AvgIpc) is 2.09. The topological polar surface area (TPSA) is 78.9 Å². The molecule has 0 aromatic heterocycles. The van der Waals surface area contributed by atoms with E-state index in [1.54, 1.807) is 13.8 Å². The molecule has 0 aromatic carbocycles. The molecule has 0 aliphatic carbocycles. The van der Waals surface area contributed by atoms with E-state index in [4.69, 9.17) is 10.9 Å². The second-order valence-electron chi connectivity index (χ2n) is 3.50. The van der Waals surface area contributed by atoms with Crippen molar-refractivity contribution in [2.24, 2.45) is 10.9 Å². The van der Waals surface area contributed by atoms with E-state index in [0.29, 0.717) is 0 Å². The summed E-state index contributed by atoms with van der Waals surface area (Å²) in [6.07, 6.45) is -6.11. The second-order valence-corrected chi connectivity index (χ2v) is 3.50. The first-order valence-electron chi connectivity index (χ1n) is 4.50. The van der Waals surface area contributed by atoms with Gasteiger partial charge in [0.25, 0.3) is 0 Å². The van der Waals surface area contributed by atoms with Gasteiger partial charge in [-0.25, -0.2) is 0 Å². The molecule has 0 aliphatic rings. The van der Waals surface area contributed by atoms with Crippen molar-refractivity contribution in [2.75, 3.05) is 6.54 Å². The first-order chi connectivity index (χ1) is 7.17. The summed E-state index contributed by atoms with van der Waals surface area (Å²) < 4.78 is 36.0. The fourth-order valence-electron chi connectivity index (χ4n) is 1.04. The molecule has 0 spiro atoms. The van der Waals surface area contributed by atoms with Crippen LogP contribution < -0.4 is 5.73 Å². The highest BCUT2D eigenvalue weighted by atomic mass is 19.4. The van der Waals surface area contributed by atoms with Crippen molar-refractivity contribution in [3.63, 3.8) is 0 Å². The normalized spacial score (nSPS) is 13.0. The molecule has 0 atom stereocenters. The van der Waals surface area contributed by atoms with Gasteiger partial charge in [0, 0.05) is 6.04 Å². The summed E-state index contributed by atoms with van der Waals surface area (Å²) in [4.78, 5) is 12.2. The number of rotatable bonds is 4. The van der Waals surface area contributed by atoms with E-state index in [-0.39, 0.29) is 12.4 Å².